The summed E-state index contributed by atoms with van der Waals surface area (Å²) in [5.74, 6) is -0.802. The van der Waals surface area contributed by atoms with E-state index in [1.807, 2.05) is 5.32 Å². The molecule has 0 aliphatic carbocycles. The topological polar surface area (TPSA) is 102 Å². The number of aromatic nitrogens is 2. The normalized spacial score (nSPS) is 23.4. The monoisotopic (exact) mass is 277 g/mol. The number of amides is 3. The van der Waals surface area contributed by atoms with Crippen LogP contribution in [0.3, 0.4) is 0 Å². The molecule has 0 bridgehead atoms. The summed E-state index contributed by atoms with van der Waals surface area (Å²) in [6.07, 6.45) is -3.40. The Morgan fingerprint density at radius 2 is 2.11 bits per heavy atom. The Kier molecular flexibility index (Phi) is 2.97. The van der Waals surface area contributed by atoms with E-state index in [0.717, 1.165) is 6.20 Å². The Morgan fingerprint density at radius 1 is 1.42 bits per heavy atom. The van der Waals surface area contributed by atoms with Crippen LogP contribution in [0.15, 0.2) is 12.3 Å². The van der Waals surface area contributed by atoms with Gasteiger partial charge in [0.15, 0.2) is 5.54 Å². The van der Waals surface area contributed by atoms with Crippen molar-refractivity contribution in [3.63, 3.8) is 0 Å². The maximum atomic E-state index is 12.4. The lowest BCUT2D eigenvalue weighted by Gasteiger charge is -2.25. The van der Waals surface area contributed by atoms with Crippen molar-refractivity contribution in [2.75, 3.05) is 6.54 Å². The minimum absolute atomic E-state index is 0.115. The third kappa shape index (κ3) is 2.26. The fraction of sp³-hybridized carbons (Fsp3) is 0.444. The lowest BCUT2D eigenvalue weighted by Crippen LogP contribution is -2.51. The van der Waals surface area contributed by atoms with E-state index in [9.17, 15) is 22.8 Å². The molecular weight excluding hydrogens is 267 g/mol. The highest BCUT2D eigenvalue weighted by Gasteiger charge is 2.49. The molecule has 1 atom stereocenters. The number of alkyl halides is 3. The number of nitrogens with two attached hydrogens (primary N) is 1. The standard InChI is InChI=1S/C9H10F3N5O2/c10-9(11,12)4-17-5(1-2-14-17)8(3-13)6(18)15-7(19)16-8/h1-2H,3-4,13H2,(H2,15,16,18,19)/t8-/m1/s1. The predicted molar refractivity (Wildman–Crippen MR) is 55.7 cm³/mol. The number of carbonyl (C=O) groups excluding carboxylic acids is 2. The Balaban J connectivity index is 2.43. The first-order valence-electron chi connectivity index (χ1n) is 5.21. The first-order valence-corrected chi connectivity index (χ1v) is 5.21. The number of nitrogens with one attached hydrogen (secondary N) is 2. The highest BCUT2D eigenvalue weighted by molar-refractivity contribution is 6.07. The second-order valence-electron chi connectivity index (χ2n) is 4.01. The highest BCUT2D eigenvalue weighted by Crippen LogP contribution is 2.26. The average molecular weight is 277 g/mol. The van der Waals surface area contributed by atoms with Crippen LogP contribution in [0, 0.1) is 0 Å². The summed E-state index contributed by atoms with van der Waals surface area (Å²) in [6, 6.07) is 0.402. The van der Waals surface area contributed by atoms with Gasteiger partial charge in [0.2, 0.25) is 0 Å². The van der Waals surface area contributed by atoms with Crippen molar-refractivity contribution in [1.82, 2.24) is 20.4 Å². The molecule has 0 spiro atoms. The van der Waals surface area contributed by atoms with Gasteiger partial charge in [-0.1, -0.05) is 0 Å². The molecule has 10 heteroatoms. The van der Waals surface area contributed by atoms with Crippen LogP contribution in [-0.2, 0) is 16.9 Å². The number of nitrogens with zero attached hydrogens (tertiary/aromatic N) is 2. The molecule has 7 nitrogen and oxygen atoms in total. The molecule has 1 aliphatic heterocycles. The minimum Gasteiger partial charge on any atom is -0.327 e. The molecule has 0 saturated carbocycles. The molecule has 1 aromatic rings. The summed E-state index contributed by atoms with van der Waals surface area (Å²) in [4.78, 5) is 22.9. The summed E-state index contributed by atoms with van der Waals surface area (Å²) in [7, 11) is 0. The van der Waals surface area contributed by atoms with Crippen LogP contribution in [0.5, 0.6) is 0 Å². The summed E-state index contributed by atoms with van der Waals surface area (Å²) < 4.78 is 37.8. The van der Waals surface area contributed by atoms with Crippen LogP contribution in [0.1, 0.15) is 5.69 Å². The van der Waals surface area contributed by atoms with Gasteiger partial charge in [-0.05, 0) is 6.07 Å². The van der Waals surface area contributed by atoms with E-state index in [-0.39, 0.29) is 12.2 Å². The molecule has 3 amide bonds. The quantitative estimate of drug-likeness (QED) is 0.644. The molecule has 1 aromatic heterocycles. The fourth-order valence-electron chi connectivity index (χ4n) is 1.91. The van der Waals surface area contributed by atoms with Crippen molar-refractivity contribution in [1.29, 1.82) is 0 Å². The Labute approximate surface area is 104 Å². The number of hydrogen-bond acceptors (Lipinski definition) is 4. The predicted octanol–water partition coefficient (Wildman–Crippen LogP) is -0.561. The third-order valence-corrected chi connectivity index (χ3v) is 2.73. The zero-order valence-electron chi connectivity index (χ0n) is 9.49. The SMILES string of the molecule is NC[C@]1(c2ccnn2CC(F)(F)F)NC(=O)NC1=O. The molecule has 1 aliphatic rings. The molecular formula is C9H10F3N5O2. The Morgan fingerprint density at radius 3 is 2.58 bits per heavy atom. The fourth-order valence-corrected chi connectivity index (χ4v) is 1.91. The van der Waals surface area contributed by atoms with E-state index in [2.05, 4.69) is 10.4 Å². The molecule has 0 radical (unpaired) electrons. The Bertz CT molecular complexity index is 526. The summed E-state index contributed by atoms with van der Waals surface area (Å²) in [5, 5.41) is 7.70. The molecule has 2 rings (SSSR count). The molecule has 0 aromatic carbocycles. The van der Waals surface area contributed by atoms with Gasteiger partial charge in [-0.2, -0.15) is 18.3 Å². The van der Waals surface area contributed by atoms with E-state index in [1.54, 1.807) is 0 Å². The maximum absolute atomic E-state index is 12.4. The van der Waals surface area contributed by atoms with Crippen LogP contribution in [0.4, 0.5) is 18.0 Å². The van der Waals surface area contributed by atoms with Gasteiger partial charge >= 0.3 is 12.2 Å². The molecule has 2 heterocycles. The van der Waals surface area contributed by atoms with Gasteiger partial charge in [-0.3, -0.25) is 14.8 Å². The van der Waals surface area contributed by atoms with Crippen molar-refractivity contribution in [2.24, 2.45) is 5.73 Å². The van der Waals surface area contributed by atoms with Crippen molar-refractivity contribution in [3.8, 4) is 0 Å². The number of urea groups is 1. The second-order valence-corrected chi connectivity index (χ2v) is 4.01. The largest absolute Gasteiger partial charge is 0.408 e. The number of imide groups is 1. The number of carbonyl (C=O) groups is 2. The Hall–Kier alpha value is -2.10. The molecule has 1 saturated heterocycles. The smallest absolute Gasteiger partial charge is 0.327 e. The summed E-state index contributed by atoms with van der Waals surface area (Å²) in [5.41, 5.74) is 3.61. The highest BCUT2D eigenvalue weighted by atomic mass is 19.4. The second kappa shape index (κ2) is 4.23. The average Bonchev–Trinajstić information content (AvgIpc) is 2.81. The number of hydrogen-bond donors (Lipinski definition) is 3. The zero-order valence-corrected chi connectivity index (χ0v) is 9.49. The van der Waals surface area contributed by atoms with Gasteiger partial charge in [-0.25, -0.2) is 4.79 Å². The first kappa shape index (κ1) is 13.3. The van der Waals surface area contributed by atoms with Crippen LogP contribution < -0.4 is 16.4 Å². The first-order chi connectivity index (χ1) is 8.78. The van der Waals surface area contributed by atoms with Crippen LogP contribution in [-0.4, -0.2) is 34.4 Å². The summed E-state index contributed by atoms with van der Waals surface area (Å²) >= 11 is 0. The molecule has 4 N–H and O–H groups in total. The molecule has 19 heavy (non-hydrogen) atoms. The zero-order chi connectivity index (χ0) is 14.3. The number of halogens is 3. The third-order valence-electron chi connectivity index (χ3n) is 2.73. The van der Waals surface area contributed by atoms with Crippen molar-refractivity contribution >= 4 is 11.9 Å². The van der Waals surface area contributed by atoms with Gasteiger partial charge in [0.1, 0.15) is 6.54 Å². The lowest BCUT2D eigenvalue weighted by atomic mass is 9.95. The van der Waals surface area contributed by atoms with Crippen molar-refractivity contribution in [2.45, 2.75) is 18.3 Å². The van der Waals surface area contributed by atoms with Gasteiger partial charge < -0.3 is 11.1 Å². The summed E-state index contributed by atoms with van der Waals surface area (Å²) in [6.45, 7) is -1.76. The van der Waals surface area contributed by atoms with Crippen molar-refractivity contribution in [3.05, 3.63) is 18.0 Å². The number of rotatable bonds is 3. The lowest BCUT2D eigenvalue weighted by molar-refractivity contribution is -0.144. The van der Waals surface area contributed by atoms with Crippen LogP contribution in [0.2, 0.25) is 0 Å². The van der Waals surface area contributed by atoms with Crippen LogP contribution >= 0.6 is 0 Å². The van der Waals surface area contributed by atoms with E-state index in [0.29, 0.717) is 4.68 Å². The van der Waals surface area contributed by atoms with Gasteiger partial charge in [0.05, 0.1) is 5.69 Å². The molecule has 104 valence electrons. The van der Waals surface area contributed by atoms with E-state index < -0.39 is 30.2 Å². The van der Waals surface area contributed by atoms with Gasteiger partial charge in [0.25, 0.3) is 5.91 Å². The van der Waals surface area contributed by atoms with E-state index >= 15 is 0 Å². The van der Waals surface area contributed by atoms with Gasteiger partial charge in [-0.15, -0.1) is 0 Å². The molecule has 1 fully saturated rings. The van der Waals surface area contributed by atoms with E-state index in [4.69, 9.17) is 5.73 Å². The van der Waals surface area contributed by atoms with Crippen molar-refractivity contribution < 1.29 is 22.8 Å². The maximum Gasteiger partial charge on any atom is 0.408 e. The van der Waals surface area contributed by atoms with Gasteiger partial charge in [0, 0.05) is 12.7 Å². The van der Waals surface area contributed by atoms with E-state index in [1.165, 1.54) is 6.07 Å². The minimum atomic E-state index is -4.50. The molecule has 0 unspecified atom stereocenters. The van der Waals surface area contributed by atoms with Crippen LogP contribution in [0.25, 0.3) is 0 Å².